The van der Waals surface area contributed by atoms with Gasteiger partial charge in [-0.3, -0.25) is 0 Å². The van der Waals surface area contributed by atoms with Gasteiger partial charge in [0.25, 0.3) is 0 Å². The molecule has 0 amide bonds. The summed E-state index contributed by atoms with van der Waals surface area (Å²) < 4.78 is 5.50. The van der Waals surface area contributed by atoms with Gasteiger partial charge in [-0.1, -0.05) is 17.7 Å². The van der Waals surface area contributed by atoms with Gasteiger partial charge >= 0.3 is 0 Å². The average Bonchev–Trinajstić information content (AvgIpc) is 2.75. The smallest absolute Gasteiger partial charge is 0.120 e. The summed E-state index contributed by atoms with van der Waals surface area (Å²) in [7, 11) is 0. The van der Waals surface area contributed by atoms with Crippen LogP contribution in [-0.4, -0.2) is 24.4 Å². The molecule has 1 atom stereocenters. The van der Waals surface area contributed by atoms with Crippen molar-refractivity contribution in [3.05, 3.63) is 50.7 Å². The Morgan fingerprint density at radius 3 is 2.81 bits per heavy atom. The summed E-state index contributed by atoms with van der Waals surface area (Å²) in [5, 5.41) is 13.8. The molecule has 0 radical (unpaired) electrons. The quantitative estimate of drug-likeness (QED) is 0.818. The van der Waals surface area contributed by atoms with Crippen molar-refractivity contribution in [2.75, 3.05) is 13.2 Å². The maximum atomic E-state index is 9.90. The lowest BCUT2D eigenvalue weighted by Gasteiger charge is -2.13. The number of benzene rings is 1. The van der Waals surface area contributed by atoms with Crippen LogP contribution in [0.25, 0.3) is 0 Å². The van der Waals surface area contributed by atoms with Gasteiger partial charge in [-0.15, -0.1) is 11.3 Å². The third-order valence-corrected chi connectivity index (χ3v) is 4.52. The second kappa shape index (κ2) is 7.80. The number of hydrogen-bond donors (Lipinski definition) is 2. The number of ether oxygens (including phenoxy) is 1. The van der Waals surface area contributed by atoms with E-state index in [0.717, 1.165) is 6.54 Å². The maximum absolute atomic E-state index is 9.90. The van der Waals surface area contributed by atoms with Gasteiger partial charge in [0, 0.05) is 27.9 Å². The van der Waals surface area contributed by atoms with Crippen molar-refractivity contribution in [3.63, 3.8) is 0 Å². The molecule has 1 unspecified atom stereocenters. The van der Waals surface area contributed by atoms with E-state index in [0.29, 0.717) is 17.3 Å². The van der Waals surface area contributed by atoms with Gasteiger partial charge < -0.3 is 15.2 Å². The third-order valence-electron chi connectivity index (χ3n) is 3.13. The summed E-state index contributed by atoms with van der Waals surface area (Å²) >= 11 is 7.66. The molecule has 5 heteroatoms. The number of rotatable bonds is 7. The largest absolute Gasteiger partial charge is 0.491 e. The third kappa shape index (κ3) is 5.32. The Morgan fingerprint density at radius 1 is 1.33 bits per heavy atom. The van der Waals surface area contributed by atoms with Crippen LogP contribution in [0.2, 0.25) is 5.02 Å². The molecule has 2 N–H and O–H groups in total. The number of aliphatic hydroxyl groups excluding tert-OH is 1. The molecule has 21 heavy (non-hydrogen) atoms. The SMILES string of the molecule is Cc1cc(CNCC(O)COc2cccc(Cl)c2)sc1C. The second-order valence-electron chi connectivity index (χ2n) is 5.01. The number of thiophene rings is 1. The van der Waals surface area contributed by atoms with Crippen LogP contribution in [0.5, 0.6) is 5.75 Å². The molecule has 0 spiro atoms. The number of aliphatic hydroxyl groups is 1. The maximum Gasteiger partial charge on any atom is 0.120 e. The molecular weight excluding hydrogens is 306 g/mol. The molecule has 1 aromatic carbocycles. The molecule has 114 valence electrons. The lowest BCUT2D eigenvalue weighted by molar-refractivity contribution is 0.106. The van der Waals surface area contributed by atoms with Gasteiger partial charge in [0.05, 0.1) is 0 Å². The Balaban J connectivity index is 1.69. The van der Waals surface area contributed by atoms with E-state index in [2.05, 4.69) is 25.2 Å². The van der Waals surface area contributed by atoms with Crippen LogP contribution >= 0.6 is 22.9 Å². The molecule has 1 heterocycles. The first kappa shape index (κ1) is 16.3. The van der Waals surface area contributed by atoms with Crippen molar-refractivity contribution in [2.45, 2.75) is 26.5 Å². The van der Waals surface area contributed by atoms with Crippen LogP contribution < -0.4 is 10.1 Å². The standard InChI is InChI=1S/C16H20ClNO2S/c1-11-6-16(21-12(11)2)9-18-8-14(19)10-20-15-5-3-4-13(17)7-15/h3-7,14,18-19H,8-10H2,1-2H3. The minimum Gasteiger partial charge on any atom is -0.491 e. The van der Waals surface area contributed by atoms with Crippen molar-refractivity contribution in [1.82, 2.24) is 5.32 Å². The van der Waals surface area contributed by atoms with Crippen LogP contribution in [0.15, 0.2) is 30.3 Å². The summed E-state index contributed by atoms with van der Waals surface area (Å²) in [6.45, 7) is 5.75. The summed E-state index contributed by atoms with van der Waals surface area (Å²) in [6, 6.07) is 9.35. The Kier molecular flexibility index (Phi) is 6.06. The number of halogens is 1. The van der Waals surface area contributed by atoms with Crippen molar-refractivity contribution in [3.8, 4) is 5.75 Å². The minimum atomic E-state index is -0.550. The summed E-state index contributed by atoms with van der Waals surface area (Å²) in [5.74, 6) is 0.672. The van der Waals surface area contributed by atoms with Crippen LogP contribution in [0.1, 0.15) is 15.3 Å². The fraction of sp³-hybridized carbons (Fsp3) is 0.375. The van der Waals surface area contributed by atoms with Gasteiger partial charge in [0.15, 0.2) is 0 Å². The Labute approximate surface area is 134 Å². The topological polar surface area (TPSA) is 41.5 Å². The Bertz CT molecular complexity index is 566. The van der Waals surface area contributed by atoms with E-state index < -0.39 is 6.10 Å². The summed E-state index contributed by atoms with van der Waals surface area (Å²) in [4.78, 5) is 2.63. The first-order chi connectivity index (χ1) is 10.0. The van der Waals surface area contributed by atoms with Crippen LogP contribution in [0.4, 0.5) is 0 Å². The molecule has 0 saturated carbocycles. The monoisotopic (exact) mass is 325 g/mol. The lowest BCUT2D eigenvalue weighted by atomic mass is 10.3. The van der Waals surface area contributed by atoms with Gasteiger partial charge in [-0.25, -0.2) is 0 Å². The first-order valence-electron chi connectivity index (χ1n) is 6.87. The van der Waals surface area contributed by atoms with E-state index >= 15 is 0 Å². The van der Waals surface area contributed by atoms with Crippen molar-refractivity contribution >= 4 is 22.9 Å². The molecule has 0 saturated heterocycles. The van der Waals surface area contributed by atoms with Crippen molar-refractivity contribution in [1.29, 1.82) is 0 Å². The van der Waals surface area contributed by atoms with Gasteiger partial charge in [-0.05, 0) is 43.7 Å². The molecule has 0 bridgehead atoms. The van der Waals surface area contributed by atoms with E-state index in [9.17, 15) is 5.11 Å². The summed E-state index contributed by atoms with van der Waals surface area (Å²) in [5.41, 5.74) is 1.32. The number of hydrogen-bond acceptors (Lipinski definition) is 4. The predicted octanol–water partition coefficient (Wildman–Crippen LogP) is 3.55. The summed E-state index contributed by atoms with van der Waals surface area (Å²) in [6.07, 6.45) is -0.550. The minimum absolute atomic E-state index is 0.246. The molecule has 3 nitrogen and oxygen atoms in total. The first-order valence-corrected chi connectivity index (χ1v) is 8.07. The van der Waals surface area contributed by atoms with E-state index in [1.165, 1.54) is 15.3 Å². The van der Waals surface area contributed by atoms with Gasteiger partial charge in [0.1, 0.15) is 18.5 Å². The lowest BCUT2D eigenvalue weighted by Crippen LogP contribution is -2.30. The molecule has 2 rings (SSSR count). The molecule has 2 aromatic rings. The van der Waals surface area contributed by atoms with Crippen LogP contribution in [-0.2, 0) is 6.54 Å². The Hall–Kier alpha value is -1.07. The number of aryl methyl sites for hydroxylation is 2. The van der Waals surface area contributed by atoms with Gasteiger partial charge in [-0.2, -0.15) is 0 Å². The van der Waals surface area contributed by atoms with Crippen molar-refractivity contribution < 1.29 is 9.84 Å². The number of nitrogens with one attached hydrogen (secondary N) is 1. The highest BCUT2D eigenvalue weighted by Crippen LogP contribution is 2.20. The highest BCUT2D eigenvalue weighted by molar-refractivity contribution is 7.12. The zero-order valence-electron chi connectivity index (χ0n) is 12.2. The highest BCUT2D eigenvalue weighted by atomic mass is 35.5. The van der Waals surface area contributed by atoms with Crippen molar-refractivity contribution in [2.24, 2.45) is 0 Å². The molecule has 0 aliphatic carbocycles. The zero-order valence-corrected chi connectivity index (χ0v) is 13.8. The average molecular weight is 326 g/mol. The van der Waals surface area contributed by atoms with Crippen LogP contribution in [0, 0.1) is 13.8 Å². The molecule has 1 aromatic heterocycles. The second-order valence-corrected chi connectivity index (χ2v) is 6.78. The molecule has 0 fully saturated rings. The van der Waals surface area contributed by atoms with E-state index in [1.54, 1.807) is 23.5 Å². The van der Waals surface area contributed by atoms with Crippen LogP contribution in [0.3, 0.4) is 0 Å². The van der Waals surface area contributed by atoms with Gasteiger partial charge in [0.2, 0.25) is 0 Å². The van der Waals surface area contributed by atoms with E-state index in [-0.39, 0.29) is 6.61 Å². The predicted molar refractivity (Wildman–Crippen MR) is 88.5 cm³/mol. The van der Waals surface area contributed by atoms with E-state index in [4.69, 9.17) is 16.3 Å². The molecule has 0 aliphatic rings. The Morgan fingerprint density at radius 2 is 2.14 bits per heavy atom. The molecular formula is C16H20ClNO2S. The normalized spacial score (nSPS) is 12.4. The molecule has 0 aliphatic heterocycles. The zero-order chi connectivity index (χ0) is 15.2. The highest BCUT2D eigenvalue weighted by Gasteiger charge is 2.06. The fourth-order valence-electron chi connectivity index (χ4n) is 1.91. The fourth-order valence-corrected chi connectivity index (χ4v) is 3.11. The van der Waals surface area contributed by atoms with E-state index in [1.807, 2.05) is 12.1 Å².